The number of methoxy groups -OCH3 is 2. The van der Waals surface area contributed by atoms with Crippen LogP contribution in [0.5, 0.6) is 11.5 Å². The van der Waals surface area contributed by atoms with Gasteiger partial charge in [0.2, 0.25) is 0 Å². The van der Waals surface area contributed by atoms with Gasteiger partial charge in [0.1, 0.15) is 11.9 Å². The van der Waals surface area contributed by atoms with Crippen LogP contribution >= 0.6 is 0 Å². The zero-order valence-corrected chi connectivity index (χ0v) is 16.1. The van der Waals surface area contributed by atoms with E-state index in [2.05, 4.69) is 10.6 Å². The molecule has 2 N–H and O–H groups in total. The average molecular weight is 403 g/mol. The minimum Gasteiger partial charge on any atom is -0.493 e. The fourth-order valence-corrected chi connectivity index (χ4v) is 2.90. The SMILES string of the molecule is COc1ccc(CNC(=O)NC[C@H]2CN(c3ccc(F)cc3)C(=O)O2)cc1OC. The van der Waals surface area contributed by atoms with E-state index in [0.717, 1.165) is 5.56 Å². The van der Waals surface area contributed by atoms with Crippen LogP contribution in [0.2, 0.25) is 0 Å². The summed E-state index contributed by atoms with van der Waals surface area (Å²) in [7, 11) is 3.09. The molecule has 0 unspecified atom stereocenters. The van der Waals surface area contributed by atoms with Crippen LogP contribution < -0.4 is 25.0 Å². The number of hydrogen-bond donors (Lipinski definition) is 2. The lowest BCUT2D eigenvalue weighted by molar-refractivity contribution is 0.140. The summed E-state index contributed by atoms with van der Waals surface area (Å²) in [5.74, 6) is 0.797. The van der Waals surface area contributed by atoms with Gasteiger partial charge in [-0.1, -0.05) is 6.07 Å². The first-order valence-electron chi connectivity index (χ1n) is 8.96. The van der Waals surface area contributed by atoms with Crippen molar-refractivity contribution in [1.82, 2.24) is 10.6 Å². The molecule has 0 spiro atoms. The number of benzene rings is 2. The number of halogens is 1. The van der Waals surface area contributed by atoms with Crippen LogP contribution in [0.25, 0.3) is 0 Å². The first kappa shape index (κ1) is 20.2. The second-order valence-electron chi connectivity index (χ2n) is 6.35. The molecule has 0 aliphatic carbocycles. The van der Waals surface area contributed by atoms with E-state index >= 15 is 0 Å². The molecule has 154 valence electrons. The molecule has 1 aliphatic heterocycles. The number of ether oxygens (including phenoxy) is 3. The Balaban J connectivity index is 1.46. The van der Waals surface area contributed by atoms with Crippen molar-refractivity contribution in [3.8, 4) is 11.5 Å². The molecule has 0 bridgehead atoms. The molecular weight excluding hydrogens is 381 g/mol. The molecule has 2 aromatic rings. The van der Waals surface area contributed by atoms with Gasteiger partial charge < -0.3 is 24.8 Å². The molecule has 29 heavy (non-hydrogen) atoms. The van der Waals surface area contributed by atoms with Gasteiger partial charge >= 0.3 is 12.1 Å². The van der Waals surface area contributed by atoms with Gasteiger partial charge in [-0.05, 0) is 42.0 Å². The zero-order chi connectivity index (χ0) is 20.8. The highest BCUT2D eigenvalue weighted by Gasteiger charge is 2.32. The van der Waals surface area contributed by atoms with Gasteiger partial charge in [0, 0.05) is 12.2 Å². The Morgan fingerprint density at radius 3 is 2.55 bits per heavy atom. The second-order valence-corrected chi connectivity index (χ2v) is 6.35. The van der Waals surface area contributed by atoms with E-state index in [-0.39, 0.29) is 18.9 Å². The standard InChI is InChI=1S/C20H22FN3O5/c1-27-17-8-3-13(9-18(17)28-2)10-22-19(25)23-11-16-12-24(20(26)29-16)15-6-4-14(21)5-7-15/h3-9,16H,10-12H2,1-2H3,(H2,22,23,25)/t16-/m0/s1. The first-order valence-corrected chi connectivity index (χ1v) is 8.96. The number of carbonyl (C=O) groups excluding carboxylic acids is 2. The molecule has 1 saturated heterocycles. The van der Waals surface area contributed by atoms with Crippen molar-refractivity contribution in [1.29, 1.82) is 0 Å². The van der Waals surface area contributed by atoms with Gasteiger partial charge in [0.25, 0.3) is 0 Å². The molecule has 1 heterocycles. The Labute approximate surface area is 167 Å². The molecule has 1 atom stereocenters. The molecule has 2 aromatic carbocycles. The quantitative estimate of drug-likeness (QED) is 0.742. The molecule has 3 amide bonds. The van der Waals surface area contributed by atoms with Crippen LogP contribution in [0.15, 0.2) is 42.5 Å². The first-order chi connectivity index (χ1) is 14.0. The molecule has 9 heteroatoms. The number of rotatable bonds is 7. The normalized spacial score (nSPS) is 15.6. The maximum absolute atomic E-state index is 13.0. The monoisotopic (exact) mass is 403 g/mol. The van der Waals surface area contributed by atoms with Crippen molar-refractivity contribution in [3.63, 3.8) is 0 Å². The van der Waals surface area contributed by atoms with E-state index < -0.39 is 18.2 Å². The van der Waals surface area contributed by atoms with Crippen molar-refractivity contribution >= 4 is 17.8 Å². The Hall–Kier alpha value is -3.49. The van der Waals surface area contributed by atoms with Crippen molar-refractivity contribution in [2.75, 3.05) is 32.2 Å². The number of nitrogens with zero attached hydrogens (tertiary/aromatic N) is 1. The van der Waals surface area contributed by atoms with Crippen molar-refractivity contribution in [3.05, 3.63) is 53.8 Å². The van der Waals surface area contributed by atoms with E-state index in [1.807, 2.05) is 6.07 Å². The van der Waals surface area contributed by atoms with Crippen LogP contribution in [-0.2, 0) is 11.3 Å². The Kier molecular flexibility index (Phi) is 6.38. The number of urea groups is 1. The Morgan fingerprint density at radius 2 is 1.86 bits per heavy atom. The largest absolute Gasteiger partial charge is 0.493 e. The van der Waals surface area contributed by atoms with Gasteiger partial charge in [0.05, 0.1) is 27.3 Å². The van der Waals surface area contributed by atoms with Crippen molar-refractivity contribution in [2.24, 2.45) is 0 Å². The highest BCUT2D eigenvalue weighted by Crippen LogP contribution is 2.27. The smallest absolute Gasteiger partial charge is 0.414 e. The summed E-state index contributed by atoms with van der Waals surface area (Å²) in [6.07, 6.45) is -1.03. The Morgan fingerprint density at radius 1 is 1.14 bits per heavy atom. The number of cyclic esters (lactones) is 1. The van der Waals surface area contributed by atoms with Gasteiger partial charge in [-0.2, -0.15) is 0 Å². The molecule has 8 nitrogen and oxygen atoms in total. The fourth-order valence-electron chi connectivity index (χ4n) is 2.90. The third-order valence-electron chi connectivity index (χ3n) is 4.40. The van der Waals surface area contributed by atoms with Gasteiger partial charge in [0.15, 0.2) is 11.5 Å². The summed E-state index contributed by atoms with van der Waals surface area (Å²) in [6.45, 7) is 0.708. The van der Waals surface area contributed by atoms with Gasteiger partial charge in [-0.25, -0.2) is 14.0 Å². The predicted octanol–water partition coefficient (Wildman–Crippen LogP) is 2.67. The van der Waals surface area contributed by atoms with Crippen LogP contribution in [0.4, 0.5) is 19.7 Å². The minimum atomic E-state index is -0.533. The van der Waals surface area contributed by atoms with E-state index in [9.17, 15) is 14.0 Å². The average Bonchev–Trinajstić information content (AvgIpc) is 3.11. The lowest BCUT2D eigenvalue weighted by Crippen LogP contribution is -2.40. The maximum Gasteiger partial charge on any atom is 0.414 e. The summed E-state index contributed by atoms with van der Waals surface area (Å²) in [5, 5.41) is 5.41. The van der Waals surface area contributed by atoms with Crippen molar-refractivity contribution < 1.29 is 28.2 Å². The molecule has 1 aliphatic rings. The van der Waals surface area contributed by atoms with E-state index in [1.54, 1.807) is 26.4 Å². The maximum atomic E-state index is 13.0. The van der Waals surface area contributed by atoms with Crippen LogP contribution in [0.1, 0.15) is 5.56 Å². The van der Waals surface area contributed by atoms with E-state index in [4.69, 9.17) is 14.2 Å². The number of amides is 3. The Bertz CT molecular complexity index is 875. The van der Waals surface area contributed by atoms with Crippen molar-refractivity contribution in [2.45, 2.75) is 12.6 Å². The molecule has 0 aromatic heterocycles. The summed E-state index contributed by atoms with van der Waals surface area (Å²) in [4.78, 5) is 25.4. The van der Waals surface area contributed by atoms with Crippen LogP contribution in [0, 0.1) is 5.82 Å². The summed E-state index contributed by atoms with van der Waals surface area (Å²) < 4.78 is 28.7. The number of anilines is 1. The number of hydrogen-bond acceptors (Lipinski definition) is 5. The summed E-state index contributed by atoms with van der Waals surface area (Å²) >= 11 is 0. The predicted molar refractivity (Wildman–Crippen MR) is 104 cm³/mol. The van der Waals surface area contributed by atoms with Crippen LogP contribution in [-0.4, -0.2) is 45.5 Å². The highest BCUT2D eigenvalue weighted by molar-refractivity contribution is 5.89. The minimum absolute atomic E-state index is 0.154. The lowest BCUT2D eigenvalue weighted by atomic mass is 10.2. The zero-order valence-electron chi connectivity index (χ0n) is 16.1. The second kappa shape index (κ2) is 9.13. The third-order valence-corrected chi connectivity index (χ3v) is 4.40. The van der Waals surface area contributed by atoms with Crippen LogP contribution in [0.3, 0.4) is 0 Å². The molecule has 0 saturated carbocycles. The summed E-state index contributed by atoms with van der Waals surface area (Å²) in [6, 6.07) is 10.5. The highest BCUT2D eigenvalue weighted by atomic mass is 19.1. The molecular formula is C20H22FN3O5. The lowest BCUT2D eigenvalue weighted by Gasteiger charge is -2.13. The number of carbonyl (C=O) groups is 2. The molecule has 0 radical (unpaired) electrons. The van der Waals surface area contributed by atoms with Gasteiger partial charge in [-0.15, -0.1) is 0 Å². The van der Waals surface area contributed by atoms with E-state index in [1.165, 1.54) is 29.2 Å². The molecule has 3 rings (SSSR count). The van der Waals surface area contributed by atoms with E-state index in [0.29, 0.717) is 23.7 Å². The summed E-state index contributed by atoms with van der Waals surface area (Å²) in [5.41, 5.74) is 1.38. The molecule has 1 fully saturated rings. The van der Waals surface area contributed by atoms with Gasteiger partial charge in [-0.3, -0.25) is 4.90 Å². The number of nitrogens with one attached hydrogen (secondary N) is 2. The topological polar surface area (TPSA) is 89.1 Å². The third kappa shape index (κ3) is 5.07. The fraction of sp³-hybridized carbons (Fsp3) is 0.300.